The fraction of sp³-hybridized carbons (Fsp3) is 0.357. The molecule has 0 bridgehead atoms. The van der Waals surface area contributed by atoms with Crippen LogP contribution in [0.5, 0.6) is 0 Å². The molecule has 1 aromatic carbocycles. The summed E-state index contributed by atoms with van der Waals surface area (Å²) in [5.41, 5.74) is -0.00425. The van der Waals surface area contributed by atoms with Crippen molar-refractivity contribution < 1.29 is 4.39 Å². The summed E-state index contributed by atoms with van der Waals surface area (Å²) in [5, 5.41) is 1.67. The molecule has 0 radical (unpaired) electrons. The van der Waals surface area contributed by atoms with Gasteiger partial charge in [0.05, 0.1) is 6.67 Å². The maximum Gasteiger partial charge on any atom is 0.259 e. The first-order valence-corrected chi connectivity index (χ1v) is 6.18. The zero-order valence-corrected chi connectivity index (χ0v) is 10.1. The number of benzene rings is 1. The van der Waals surface area contributed by atoms with Crippen molar-refractivity contribution in [1.82, 2.24) is 9.47 Å². The van der Waals surface area contributed by atoms with E-state index in [1.165, 1.54) is 0 Å². The van der Waals surface area contributed by atoms with Gasteiger partial charge >= 0.3 is 0 Å². The van der Waals surface area contributed by atoms with E-state index in [0.717, 1.165) is 17.3 Å². The van der Waals surface area contributed by atoms with Gasteiger partial charge in [-0.2, -0.15) is 0 Å². The van der Waals surface area contributed by atoms with Crippen LogP contribution < -0.4 is 5.56 Å². The number of aromatic nitrogens is 1. The normalized spacial score (nSPS) is 20.6. The zero-order valence-electron chi connectivity index (χ0n) is 10.1. The van der Waals surface area contributed by atoms with Gasteiger partial charge in [0.25, 0.3) is 5.56 Å². The van der Waals surface area contributed by atoms with Crippen molar-refractivity contribution in [2.75, 3.05) is 13.1 Å². The molecule has 18 heavy (non-hydrogen) atoms. The maximum atomic E-state index is 13.1. The van der Waals surface area contributed by atoms with Crippen LogP contribution in [0.2, 0.25) is 0 Å². The molecule has 2 heterocycles. The van der Waals surface area contributed by atoms with E-state index in [4.69, 9.17) is 0 Å². The van der Waals surface area contributed by atoms with E-state index in [2.05, 4.69) is 0 Å². The lowest BCUT2D eigenvalue weighted by Gasteiger charge is -2.16. The minimum Gasteiger partial charge on any atom is -0.301 e. The van der Waals surface area contributed by atoms with E-state index in [-0.39, 0.29) is 5.56 Å². The number of halogens is 1. The molecule has 1 fully saturated rings. The Morgan fingerprint density at radius 3 is 2.89 bits per heavy atom. The summed E-state index contributed by atoms with van der Waals surface area (Å²) in [7, 11) is 0. The topological polar surface area (TPSA) is 25.2 Å². The highest BCUT2D eigenvalue weighted by molar-refractivity contribution is 5.81. The average molecular weight is 246 g/mol. The van der Waals surface area contributed by atoms with Crippen LogP contribution in [-0.4, -0.2) is 28.7 Å². The van der Waals surface area contributed by atoms with Gasteiger partial charge in [-0.1, -0.05) is 18.2 Å². The Bertz CT molecular complexity index is 622. The van der Waals surface area contributed by atoms with E-state index >= 15 is 0 Å². The molecule has 0 saturated carbocycles. The monoisotopic (exact) mass is 246 g/mol. The van der Waals surface area contributed by atoms with Crippen LogP contribution in [0, 0.1) is 0 Å². The van der Waals surface area contributed by atoms with E-state index in [0.29, 0.717) is 19.6 Å². The van der Waals surface area contributed by atoms with Gasteiger partial charge in [-0.05, 0) is 23.9 Å². The van der Waals surface area contributed by atoms with Gasteiger partial charge in [0, 0.05) is 24.7 Å². The number of fused-ring (bicyclic) bond motifs is 1. The predicted molar refractivity (Wildman–Crippen MR) is 69.3 cm³/mol. The second-order valence-electron chi connectivity index (χ2n) is 4.78. The number of rotatable bonds is 2. The fourth-order valence-electron chi connectivity index (χ4n) is 2.47. The van der Waals surface area contributed by atoms with Crippen LogP contribution in [0.15, 0.2) is 41.3 Å². The van der Waals surface area contributed by atoms with Gasteiger partial charge in [0.1, 0.15) is 6.17 Å². The first-order chi connectivity index (χ1) is 8.74. The lowest BCUT2D eigenvalue weighted by atomic mass is 10.2. The fourth-order valence-corrected chi connectivity index (χ4v) is 2.47. The molecule has 1 aliphatic rings. The highest BCUT2D eigenvalue weighted by Gasteiger charge is 2.21. The minimum atomic E-state index is -0.749. The van der Waals surface area contributed by atoms with Crippen molar-refractivity contribution >= 4 is 10.8 Å². The summed E-state index contributed by atoms with van der Waals surface area (Å²) in [5.74, 6) is 0. The highest BCUT2D eigenvalue weighted by Crippen LogP contribution is 2.13. The molecule has 1 aromatic heterocycles. The SMILES string of the molecule is O=c1c2ccccc2ccn1CN1CC[C@@H](F)C1. The van der Waals surface area contributed by atoms with Gasteiger partial charge in [-0.3, -0.25) is 9.69 Å². The van der Waals surface area contributed by atoms with Gasteiger partial charge < -0.3 is 4.57 Å². The van der Waals surface area contributed by atoms with E-state index in [1.54, 1.807) is 10.8 Å². The number of pyridine rings is 1. The Kier molecular flexibility index (Phi) is 2.88. The summed E-state index contributed by atoms with van der Waals surface area (Å²) >= 11 is 0. The third kappa shape index (κ3) is 2.04. The Labute approximate surface area is 104 Å². The lowest BCUT2D eigenvalue weighted by molar-refractivity contribution is 0.239. The first-order valence-electron chi connectivity index (χ1n) is 6.18. The molecular formula is C14H15FN2O. The molecule has 0 aliphatic carbocycles. The Morgan fingerprint density at radius 2 is 2.11 bits per heavy atom. The number of nitrogens with zero attached hydrogens (tertiary/aromatic N) is 2. The van der Waals surface area contributed by atoms with E-state index in [1.807, 2.05) is 35.2 Å². The molecule has 0 unspecified atom stereocenters. The second kappa shape index (κ2) is 4.53. The zero-order chi connectivity index (χ0) is 12.5. The molecule has 0 spiro atoms. The maximum absolute atomic E-state index is 13.1. The standard InChI is InChI=1S/C14H15FN2O/c15-12-6-7-16(9-12)10-17-8-5-11-3-1-2-4-13(11)14(17)18/h1-5,8,12H,6-7,9-10H2/t12-/m1/s1. The van der Waals surface area contributed by atoms with E-state index in [9.17, 15) is 9.18 Å². The van der Waals surface area contributed by atoms with Gasteiger partial charge in [0.15, 0.2) is 0 Å². The minimum absolute atomic E-state index is 0.00425. The molecular weight excluding hydrogens is 231 g/mol. The number of hydrogen-bond donors (Lipinski definition) is 0. The van der Waals surface area contributed by atoms with Crippen molar-refractivity contribution in [3.05, 3.63) is 46.9 Å². The van der Waals surface area contributed by atoms with Crippen molar-refractivity contribution in [2.45, 2.75) is 19.3 Å². The molecule has 3 rings (SSSR count). The quantitative estimate of drug-likeness (QED) is 0.809. The molecule has 4 heteroatoms. The average Bonchev–Trinajstić information content (AvgIpc) is 2.79. The molecule has 1 saturated heterocycles. The second-order valence-corrected chi connectivity index (χ2v) is 4.78. The molecule has 1 atom stereocenters. The summed E-state index contributed by atoms with van der Waals surface area (Å²) in [6.07, 6.45) is 1.61. The first kappa shape index (κ1) is 11.4. The predicted octanol–water partition coefficient (Wildman–Crippen LogP) is 2.00. The number of hydrogen-bond acceptors (Lipinski definition) is 2. The van der Waals surface area contributed by atoms with Gasteiger partial charge in [0.2, 0.25) is 0 Å². The van der Waals surface area contributed by atoms with Crippen LogP contribution in [0.4, 0.5) is 4.39 Å². The Morgan fingerprint density at radius 1 is 1.28 bits per heavy atom. The van der Waals surface area contributed by atoms with Crippen molar-refractivity contribution in [2.24, 2.45) is 0 Å². The molecule has 0 N–H and O–H groups in total. The summed E-state index contributed by atoms with van der Waals surface area (Å²) in [6, 6.07) is 9.46. The van der Waals surface area contributed by atoms with Crippen molar-refractivity contribution in [1.29, 1.82) is 0 Å². The largest absolute Gasteiger partial charge is 0.301 e. The highest BCUT2D eigenvalue weighted by atomic mass is 19.1. The number of alkyl halides is 1. The molecule has 0 amide bonds. The summed E-state index contributed by atoms with van der Waals surface area (Å²) in [4.78, 5) is 14.2. The van der Waals surface area contributed by atoms with Crippen molar-refractivity contribution in [3.63, 3.8) is 0 Å². The van der Waals surface area contributed by atoms with E-state index < -0.39 is 6.17 Å². The van der Waals surface area contributed by atoms with Crippen LogP contribution in [0.1, 0.15) is 6.42 Å². The van der Waals surface area contributed by atoms with Crippen molar-refractivity contribution in [3.8, 4) is 0 Å². The van der Waals surface area contributed by atoms with Crippen LogP contribution in [0.25, 0.3) is 10.8 Å². The smallest absolute Gasteiger partial charge is 0.259 e. The van der Waals surface area contributed by atoms with Crippen LogP contribution in [-0.2, 0) is 6.67 Å². The Hall–Kier alpha value is -1.68. The third-order valence-corrected chi connectivity index (χ3v) is 3.45. The molecule has 94 valence electrons. The van der Waals surface area contributed by atoms with Crippen LogP contribution >= 0.6 is 0 Å². The van der Waals surface area contributed by atoms with Gasteiger partial charge in [-0.15, -0.1) is 0 Å². The molecule has 2 aromatic rings. The van der Waals surface area contributed by atoms with Gasteiger partial charge in [-0.25, -0.2) is 4.39 Å². The third-order valence-electron chi connectivity index (χ3n) is 3.45. The Balaban J connectivity index is 1.93. The lowest BCUT2D eigenvalue weighted by Crippen LogP contribution is -2.30. The summed E-state index contributed by atoms with van der Waals surface area (Å²) < 4.78 is 14.8. The molecule has 3 nitrogen and oxygen atoms in total. The van der Waals surface area contributed by atoms with Crippen LogP contribution in [0.3, 0.4) is 0 Å². The molecule has 1 aliphatic heterocycles. The number of likely N-dealkylation sites (tertiary alicyclic amines) is 1. The summed E-state index contributed by atoms with van der Waals surface area (Å²) in [6.45, 7) is 1.63.